The van der Waals surface area contributed by atoms with E-state index in [1.807, 2.05) is 188 Å². The molecule has 0 saturated carbocycles. The van der Waals surface area contributed by atoms with Crippen LogP contribution in [0.4, 0.5) is 0 Å². The number of aromatic nitrogens is 11. The van der Waals surface area contributed by atoms with E-state index in [4.69, 9.17) is 54.8 Å². The first-order chi connectivity index (χ1) is 65.4. The fourth-order valence-corrected chi connectivity index (χ4v) is 17.2. The fourth-order valence-electron chi connectivity index (χ4n) is 17.2. The number of hydrogen-bond donors (Lipinski definition) is 0. The van der Waals surface area contributed by atoms with E-state index in [0.717, 1.165) is 217 Å². The van der Waals surface area contributed by atoms with Crippen molar-refractivity contribution in [2.45, 2.75) is 0 Å². The molecule has 9 heterocycles. The van der Waals surface area contributed by atoms with Crippen LogP contribution in [0.2, 0.25) is 0 Å². The quantitative estimate of drug-likeness (QED) is 0.0906. The summed E-state index contributed by atoms with van der Waals surface area (Å²) in [5.74, 6) is 1.24. The maximum Gasteiger partial charge on any atom is 0.179 e. The number of rotatable bonds is 15. The zero-order valence-corrected chi connectivity index (χ0v) is 71.5. The minimum Gasteiger partial charge on any atom is -0.246 e. The average molecular weight is 1690 g/mol. The first-order valence-corrected chi connectivity index (χ1v) is 44.1. The van der Waals surface area contributed by atoms with Crippen molar-refractivity contribution in [2.75, 3.05) is 0 Å². The third-order valence-electron chi connectivity index (χ3n) is 23.8. The third kappa shape index (κ3) is 16.7. The Bertz CT molecular complexity index is 7350. The number of pyridine rings is 7. The fraction of sp³-hybridized carbons (Fsp3) is 0. The van der Waals surface area contributed by atoms with Gasteiger partial charge in [-0.3, -0.25) is 0 Å². The summed E-state index contributed by atoms with van der Waals surface area (Å²) in [6, 6.07) is 164. The Morgan fingerprint density at radius 3 is 0.636 bits per heavy atom. The van der Waals surface area contributed by atoms with E-state index >= 15 is 0 Å². The van der Waals surface area contributed by atoms with Crippen molar-refractivity contribution in [2.24, 2.45) is 0 Å². The molecule has 0 aliphatic carbocycles. The average Bonchev–Trinajstić information content (AvgIpc) is 0.756. The predicted molar refractivity (Wildman–Crippen MR) is 542 cm³/mol. The molecule has 0 radical (unpaired) electrons. The standard InChI is InChI=1S/C41H27N3.2C40H26N4/c1-5-13-28(14-6-1)33-25-37(30-17-9-3-10-18-30)42-39(26-33)36-24-22-32-21-23-34-35(29-15-7-2-8-16-29)27-38(31-19-11-4-12-20-31)44-41(34)40(32)43-36;1-5-13-27(14-6-1)33-25-35(28-15-7-2-8-16-28)42-39-32(33)23-21-30-22-24-34(41-38(30)39)37-26-36(29-17-9-3-10-18-29)43-40(44-37)31-19-11-4-12-20-31;1-5-13-27(14-6-1)33-25-35(28-15-7-2-8-16-28)42-39-32(33)23-21-31-22-24-34(41-38(31)39)40-43-36(29-17-9-3-10-18-29)26-37(44-40)30-19-11-4-12-20-30/h1-27H;2*1-26H. The highest BCUT2D eigenvalue weighted by Crippen LogP contribution is 2.42. The Labute approximate surface area is 763 Å². The normalized spacial score (nSPS) is 11.2. The van der Waals surface area contributed by atoms with E-state index in [0.29, 0.717) is 17.3 Å². The summed E-state index contributed by atoms with van der Waals surface area (Å²) in [5.41, 5.74) is 32.6. The van der Waals surface area contributed by atoms with Gasteiger partial charge in [0.2, 0.25) is 0 Å². The van der Waals surface area contributed by atoms with Crippen LogP contribution in [0, 0.1) is 0 Å². The van der Waals surface area contributed by atoms with Crippen molar-refractivity contribution in [1.82, 2.24) is 54.8 Å². The molecule has 0 spiro atoms. The molecular formula is C121H79N11. The molecule has 15 aromatic carbocycles. The summed E-state index contributed by atoms with van der Waals surface area (Å²) in [7, 11) is 0. The van der Waals surface area contributed by atoms with Gasteiger partial charge >= 0.3 is 0 Å². The lowest BCUT2D eigenvalue weighted by Gasteiger charge is -2.13. The summed E-state index contributed by atoms with van der Waals surface area (Å²) in [4.78, 5) is 56.6. The van der Waals surface area contributed by atoms with Crippen LogP contribution < -0.4 is 0 Å². The van der Waals surface area contributed by atoms with Crippen molar-refractivity contribution >= 4 is 65.4 Å². The molecule has 24 aromatic rings. The molecule has 0 bridgehead atoms. The van der Waals surface area contributed by atoms with Crippen LogP contribution in [0.3, 0.4) is 0 Å². The first-order valence-electron chi connectivity index (χ1n) is 44.1. The molecule has 618 valence electrons. The van der Waals surface area contributed by atoms with Crippen molar-refractivity contribution in [1.29, 1.82) is 0 Å². The molecule has 0 atom stereocenters. The van der Waals surface area contributed by atoms with Crippen molar-refractivity contribution in [3.05, 3.63) is 479 Å². The second-order valence-electron chi connectivity index (χ2n) is 32.3. The largest absolute Gasteiger partial charge is 0.246 e. The zero-order valence-electron chi connectivity index (χ0n) is 71.5. The second-order valence-corrected chi connectivity index (χ2v) is 32.3. The van der Waals surface area contributed by atoms with Gasteiger partial charge in [0.15, 0.2) is 11.6 Å². The van der Waals surface area contributed by atoms with Gasteiger partial charge in [-0.1, -0.05) is 419 Å². The first kappa shape index (κ1) is 79.9. The van der Waals surface area contributed by atoms with E-state index in [-0.39, 0.29) is 0 Å². The zero-order chi connectivity index (χ0) is 87.9. The van der Waals surface area contributed by atoms with Crippen molar-refractivity contribution < 1.29 is 0 Å². The summed E-state index contributed by atoms with van der Waals surface area (Å²) in [6.07, 6.45) is 0. The molecule has 11 nitrogen and oxygen atoms in total. The summed E-state index contributed by atoms with van der Waals surface area (Å²) in [5, 5.41) is 6.27. The Kier molecular flexibility index (Phi) is 21.9. The molecule has 0 aliphatic heterocycles. The Morgan fingerprint density at radius 2 is 0.318 bits per heavy atom. The summed E-state index contributed by atoms with van der Waals surface area (Å²) in [6.45, 7) is 0. The van der Waals surface area contributed by atoms with E-state index in [1.165, 1.54) is 0 Å². The van der Waals surface area contributed by atoms with Crippen molar-refractivity contribution in [3.8, 4) is 169 Å². The van der Waals surface area contributed by atoms with Gasteiger partial charge in [-0.25, -0.2) is 54.8 Å². The molecular weight excluding hydrogens is 1610 g/mol. The lowest BCUT2D eigenvalue weighted by Crippen LogP contribution is -1.98. The summed E-state index contributed by atoms with van der Waals surface area (Å²) < 4.78 is 0. The molecule has 11 heteroatoms. The Morgan fingerprint density at radius 1 is 0.106 bits per heavy atom. The highest BCUT2D eigenvalue weighted by atomic mass is 14.9. The van der Waals surface area contributed by atoms with Gasteiger partial charge in [0.25, 0.3) is 0 Å². The van der Waals surface area contributed by atoms with Gasteiger partial charge in [-0.2, -0.15) is 0 Å². The van der Waals surface area contributed by atoms with E-state index < -0.39 is 0 Å². The topological polar surface area (TPSA) is 142 Å². The Hall–Kier alpha value is -17.9. The smallest absolute Gasteiger partial charge is 0.179 e. The number of nitrogens with zero attached hydrogens (tertiary/aromatic N) is 11. The minimum absolute atomic E-state index is 0.576. The number of fused-ring (bicyclic) bond motifs is 9. The third-order valence-corrected chi connectivity index (χ3v) is 23.8. The number of benzene rings is 15. The van der Waals surface area contributed by atoms with Crippen LogP contribution in [-0.2, 0) is 0 Å². The van der Waals surface area contributed by atoms with Gasteiger partial charge in [0.1, 0.15) is 5.69 Å². The van der Waals surface area contributed by atoms with Gasteiger partial charge in [0.05, 0.1) is 95.7 Å². The SMILES string of the molecule is c1ccc(-c2cc(-c3ccc4ccc5c(-c6ccccc6)cc(-c6ccccc6)nc5c4n3)nc(-c3ccccc3)n2)cc1.c1ccc(-c2cc(-c3ccccc3)nc(-c3ccc4ccc5c(-c6ccccc6)cc(-c6ccccc6)nc5c4n3)c2)cc1.c1ccc(-c2cc(-c3ccccc3)nc(-c3ccc4ccc5c(-c6ccccc6)cc(-c6ccccc6)nc5c4n3)n2)cc1. The van der Waals surface area contributed by atoms with Crippen molar-refractivity contribution in [3.63, 3.8) is 0 Å². The molecule has 0 saturated heterocycles. The molecule has 0 N–H and O–H groups in total. The van der Waals surface area contributed by atoms with Gasteiger partial charge in [-0.05, 0) is 105 Å². The molecule has 9 aromatic heterocycles. The van der Waals surface area contributed by atoms with Crippen LogP contribution in [0.25, 0.3) is 234 Å². The molecule has 0 fully saturated rings. The van der Waals surface area contributed by atoms with Gasteiger partial charge in [0, 0.05) is 76.8 Å². The number of hydrogen-bond acceptors (Lipinski definition) is 11. The maximum atomic E-state index is 5.29. The maximum absolute atomic E-state index is 5.29. The summed E-state index contributed by atoms with van der Waals surface area (Å²) >= 11 is 0. The highest BCUT2D eigenvalue weighted by molar-refractivity contribution is 6.13. The van der Waals surface area contributed by atoms with Gasteiger partial charge < -0.3 is 0 Å². The Balaban J connectivity index is 0.000000116. The lowest BCUT2D eigenvalue weighted by atomic mass is 9.97. The predicted octanol–water partition coefficient (Wildman–Crippen LogP) is 30.3. The molecule has 0 unspecified atom stereocenters. The second kappa shape index (κ2) is 36.2. The van der Waals surface area contributed by atoms with Gasteiger partial charge in [-0.15, -0.1) is 0 Å². The monoisotopic (exact) mass is 1690 g/mol. The van der Waals surface area contributed by atoms with Crippen LogP contribution >= 0.6 is 0 Å². The molecule has 132 heavy (non-hydrogen) atoms. The lowest BCUT2D eigenvalue weighted by molar-refractivity contribution is 1.16. The van der Waals surface area contributed by atoms with Crippen LogP contribution in [0.5, 0.6) is 0 Å². The molecule has 24 rings (SSSR count). The van der Waals surface area contributed by atoms with Crippen LogP contribution in [-0.4, -0.2) is 54.8 Å². The van der Waals surface area contributed by atoms with E-state index in [9.17, 15) is 0 Å². The highest BCUT2D eigenvalue weighted by Gasteiger charge is 2.22. The van der Waals surface area contributed by atoms with E-state index in [2.05, 4.69) is 291 Å². The van der Waals surface area contributed by atoms with Crippen LogP contribution in [0.15, 0.2) is 479 Å². The van der Waals surface area contributed by atoms with Crippen LogP contribution in [0.1, 0.15) is 0 Å². The molecule has 0 aliphatic rings. The van der Waals surface area contributed by atoms with E-state index in [1.54, 1.807) is 0 Å². The molecule has 0 amide bonds. The minimum atomic E-state index is 0.576.